The number of nitrogens with zero attached hydrogens (tertiary/aromatic N) is 2. The molecule has 0 unspecified atom stereocenters. The third kappa shape index (κ3) is 4.02. The summed E-state index contributed by atoms with van der Waals surface area (Å²) in [6.45, 7) is 0. The largest absolute Gasteiger partial charge is 0.497 e. The third-order valence-electron chi connectivity index (χ3n) is 3.61. The third-order valence-corrected chi connectivity index (χ3v) is 3.61. The van der Waals surface area contributed by atoms with Gasteiger partial charge in [-0.15, -0.1) is 0 Å². The van der Waals surface area contributed by atoms with Gasteiger partial charge in [0.15, 0.2) is 17.5 Å². The fourth-order valence-corrected chi connectivity index (χ4v) is 2.28. The maximum absolute atomic E-state index is 13.8. The molecule has 140 valence electrons. The van der Waals surface area contributed by atoms with Gasteiger partial charge in [-0.25, -0.2) is 18.2 Å². The molecule has 2 N–H and O–H groups in total. The van der Waals surface area contributed by atoms with Gasteiger partial charge < -0.3 is 20.1 Å². The SMILES string of the molecule is COc1ccc(OC)c(Nc2ccnc(Nc3ccc(F)c(F)c3F)n2)c1. The number of anilines is 4. The summed E-state index contributed by atoms with van der Waals surface area (Å²) >= 11 is 0. The molecule has 3 rings (SSSR count). The van der Waals surface area contributed by atoms with Gasteiger partial charge in [0.05, 0.1) is 25.6 Å². The van der Waals surface area contributed by atoms with Gasteiger partial charge in [0.25, 0.3) is 0 Å². The molecule has 0 aliphatic rings. The Balaban J connectivity index is 1.86. The van der Waals surface area contributed by atoms with Crippen LogP contribution in [0.15, 0.2) is 42.6 Å². The average Bonchev–Trinajstić information content (AvgIpc) is 2.68. The van der Waals surface area contributed by atoms with Crippen molar-refractivity contribution in [2.45, 2.75) is 0 Å². The Bertz CT molecular complexity index is 969. The zero-order chi connectivity index (χ0) is 19.4. The second-order valence-electron chi connectivity index (χ2n) is 5.30. The van der Waals surface area contributed by atoms with Crippen molar-refractivity contribution in [2.24, 2.45) is 0 Å². The standard InChI is InChI=1S/C18H15F3N4O2/c1-26-10-3-6-14(27-2)13(9-10)23-15-7-8-22-18(25-15)24-12-5-4-11(19)16(20)17(12)21/h3-9H,1-2H3,(H2,22,23,24,25). The lowest BCUT2D eigenvalue weighted by Gasteiger charge is -2.13. The minimum absolute atomic E-state index is 0.00762. The van der Waals surface area contributed by atoms with E-state index in [1.807, 2.05) is 0 Å². The number of hydrogen-bond acceptors (Lipinski definition) is 6. The molecule has 0 saturated heterocycles. The molecule has 0 bridgehead atoms. The van der Waals surface area contributed by atoms with Crippen LogP contribution in [0.4, 0.5) is 36.3 Å². The molecule has 0 radical (unpaired) electrons. The second kappa shape index (κ2) is 7.81. The van der Waals surface area contributed by atoms with E-state index in [9.17, 15) is 13.2 Å². The molecule has 3 aromatic rings. The molecular weight excluding hydrogens is 361 g/mol. The van der Waals surface area contributed by atoms with E-state index in [0.29, 0.717) is 23.0 Å². The van der Waals surface area contributed by atoms with Gasteiger partial charge >= 0.3 is 0 Å². The van der Waals surface area contributed by atoms with Crippen LogP contribution in [0, 0.1) is 17.5 Å². The van der Waals surface area contributed by atoms with Crippen LogP contribution >= 0.6 is 0 Å². The van der Waals surface area contributed by atoms with Crippen molar-refractivity contribution < 1.29 is 22.6 Å². The molecule has 6 nitrogen and oxygen atoms in total. The maximum atomic E-state index is 13.8. The van der Waals surface area contributed by atoms with Crippen molar-refractivity contribution in [3.8, 4) is 11.5 Å². The molecule has 0 atom stereocenters. The number of halogens is 3. The predicted octanol–water partition coefficient (Wildman–Crippen LogP) is 4.40. The van der Waals surface area contributed by atoms with Gasteiger partial charge in [-0.1, -0.05) is 0 Å². The molecule has 0 fully saturated rings. The Kier molecular flexibility index (Phi) is 5.30. The lowest BCUT2D eigenvalue weighted by Crippen LogP contribution is -2.04. The van der Waals surface area contributed by atoms with E-state index in [4.69, 9.17) is 9.47 Å². The van der Waals surface area contributed by atoms with Gasteiger partial charge in [0.2, 0.25) is 5.95 Å². The fraction of sp³-hybridized carbons (Fsp3) is 0.111. The molecule has 9 heteroatoms. The van der Waals surface area contributed by atoms with Gasteiger partial charge in [-0.05, 0) is 30.3 Å². The first-order valence-corrected chi connectivity index (χ1v) is 7.74. The van der Waals surface area contributed by atoms with Crippen molar-refractivity contribution in [1.82, 2.24) is 9.97 Å². The van der Waals surface area contributed by atoms with Gasteiger partial charge in [0.1, 0.15) is 17.3 Å². The topological polar surface area (TPSA) is 68.3 Å². The molecule has 0 saturated carbocycles. The minimum Gasteiger partial charge on any atom is -0.497 e. The lowest BCUT2D eigenvalue weighted by molar-refractivity contribution is 0.405. The molecule has 0 amide bonds. The Morgan fingerprint density at radius 3 is 2.41 bits per heavy atom. The quantitative estimate of drug-likeness (QED) is 0.622. The molecule has 0 spiro atoms. The molecule has 0 aliphatic heterocycles. The highest BCUT2D eigenvalue weighted by molar-refractivity contribution is 5.67. The van der Waals surface area contributed by atoms with Crippen LogP contribution in [-0.2, 0) is 0 Å². The van der Waals surface area contributed by atoms with E-state index in [1.54, 1.807) is 24.3 Å². The normalized spacial score (nSPS) is 10.4. The van der Waals surface area contributed by atoms with Crippen LogP contribution in [0.3, 0.4) is 0 Å². The van der Waals surface area contributed by atoms with Crippen molar-refractivity contribution >= 4 is 23.1 Å². The first-order valence-electron chi connectivity index (χ1n) is 7.74. The first-order chi connectivity index (χ1) is 13.0. The van der Waals surface area contributed by atoms with Crippen molar-refractivity contribution in [3.05, 3.63) is 60.0 Å². The van der Waals surface area contributed by atoms with Crippen LogP contribution in [0.25, 0.3) is 0 Å². The molecular formula is C18H15F3N4O2. The molecule has 1 heterocycles. The number of hydrogen-bond donors (Lipinski definition) is 2. The maximum Gasteiger partial charge on any atom is 0.229 e. The van der Waals surface area contributed by atoms with Crippen LogP contribution in [0.1, 0.15) is 0 Å². The highest BCUT2D eigenvalue weighted by Crippen LogP contribution is 2.31. The Hall–Kier alpha value is -3.49. The average molecular weight is 376 g/mol. The summed E-state index contributed by atoms with van der Waals surface area (Å²) in [4.78, 5) is 8.12. The number of nitrogens with one attached hydrogen (secondary N) is 2. The number of rotatable bonds is 6. The zero-order valence-electron chi connectivity index (χ0n) is 14.4. The summed E-state index contributed by atoms with van der Waals surface area (Å²) in [6.07, 6.45) is 1.42. The predicted molar refractivity (Wildman–Crippen MR) is 94.5 cm³/mol. The van der Waals surface area contributed by atoms with Gasteiger partial charge in [-0.2, -0.15) is 4.98 Å². The fourth-order valence-electron chi connectivity index (χ4n) is 2.28. The summed E-state index contributed by atoms with van der Waals surface area (Å²) in [7, 11) is 3.06. The smallest absolute Gasteiger partial charge is 0.229 e. The molecule has 1 aromatic heterocycles. The van der Waals surface area contributed by atoms with Crippen LogP contribution in [0.5, 0.6) is 11.5 Å². The van der Waals surface area contributed by atoms with E-state index in [-0.39, 0.29) is 11.6 Å². The second-order valence-corrected chi connectivity index (χ2v) is 5.30. The van der Waals surface area contributed by atoms with E-state index >= 15 is 0 Å². The lowest BCUT2D eigenvalue weighted by atomic mass is 10.2. The Morgan fingerprint density at radius 2 is 1.67 bits per heavy atom. The zero-order valence-corrected chi connectivity index (χ0v) is 14.4. The first kappa shape index (κ1) is 18.3. The summed E-state index contributed by atoms with van der Waals surface area (Å²) in [6, 6.07) is 8.61. The molecule has 2 aromatic carbocycles. The molecule has 27 heavy (non-hydrogen) atoms. The van der Waals surface area contributed by atoms with Crippen molar-refractivity contribution in [1.29, 1.82) is 0 Å². The number of ether oxygens (including phenoxy) is 2. The van der Waals surface area contributed by atoms with Gasteiger partial charge in [0, 0.05) is 12.3 Å². The van der Waals surface area contributed by atoms with E-state index < -0.39 is 17.5 Å². The van der Waals surface area contributed by atoms with Crippen LogP contribution in [0.2, 0.25) is 0 Å². The summed E-state index contributed by atoms with van der Waals surface area (Å²) < 4.78 is 50.6. The number of methoxy groups -OCH3 is 2. The summed E-state index contributed by atoms with van der Waals surface area (Å²) in [5, 5.41) is 5.55. The van der Waals surface area contributed by atoms with Crippen LogP contribution < -0.4 is 20.1 Å². The van der Waals surface area contributed by atoms with Crippen molar-refractivity contribution in [3.63, 3.8) is 0 Å². The van der Waals surface area contributed by atoms with Crippen LogP contribution in [-0.4, -0.2) is 24.2 Å². The van der Waals surface area contributed by atoms with E-state index in [0.717, 1.165) is 12.1 Å². The minimum atomic E-state index is -1.57. The highest BCUT2D eigenvalue weighted by Gasteiger charge is 2.14. The van der Waals surface area contributed by atoms with E-state index in [2.05, 4.69) is 20.6 Å². The van der Waals surface area contributed by atoms with E-state index in [1.165, 1.54) is 20.4 Å². The van der Waals surface area contributed by atoms with Gasteiger partial charge in [-0.3, -0.25) is 0 Å². The number of benzene rings is 2. The summed E-state index contributed by atoms with van der Waals surface area (Å²) in [5.41, 5.74) is 0.297. The highest BCUT2D eigenvalue weighted by atomic mass is 19.2. The number of aromatic nitrogens is 2. The Morgan fingerprint density at radius 1 is 0.852 bits per heavy atom. The monoisotopic (exact) mass is 376 g/mol. The Labute approximate surface area is 153 Å². The van der Waals surface area contributed by atoms with Crippen molar-refractivity contribution in [2.75, 3.05) is 24.9 Å². The molecule has 0 aliphatic carbocycles. The summed E-state index contributed by atoms with van der Waals surface area (Å²) in [5.74, 6) is -2.69.